The van der Waals surface area contributed by atoms with Gasteiger partial charge in [0.2, 0.25) is 11.8 Å². The summed E-state index contributed by atoms with van der Waals surface area (Å²) in [7, 11) is 0. The molecule has 0 atom stereocenters. The molecule has 1 N–H and O–H groups in total. The fraction of sp³-hybridized carbons (Fsp3) is 0.400. The second kappa shape index (κ2) is 5.86. The number of aryl methyl sites for hydroxylation is 1. The van der Waals surface area contributed by atoms with E-state index in [0.29, 0.717) is 5.56 Å². The number of amides is 3. The maximum Gasteiger partial charge on any atom is 0.251 e. The van der Waals surface area contributed by atoms with Crippen molar-refractivity contribution >= 4 is 17.7 Å². The number of hydrogen-bond acceptors (Lipinski definition) is 3. The van der Waals surface area contributed by atoms with Gasteiger partial charge in [0.05, 0.1) is 0 Å². The number of nitrogens with one attached hydrogen (secondary N) is 1. The molecule has 3 amide bonds. The summed E-state index contributed by atoms with van der Waals surface area (Å²) in [5.41, 5.74) is 2.63. The van der Waals surface area contributed by atoms with Crippen molar-refractivity contribution in [3.05, 3.63) is 34.9 Å². The molecule has 5 heteroatoms. The number of benzene rings is 1. The normalized spacial score (nSPS) is 14.8. The number of imide groups is 1. The Balaban J connectivity index is 1.91. The maximum absolute atomic E-state index is 12.1. The van der Waals surface area contributed by atoms with E-state index in [0.717, 1.165) is 11.1 Å². The van der Waals surface area contributed by atoms with E-state index in [-0.39, 0.29) is 43.7 Å². The molecule has 1 aromatic carbocycles. The Bertz CT molecular complexity index is 550. The highest BCUT2D eigenvalue weighted by molar-refractivity contribution is 6.02. The molecular weight excluding hydrogens is 256 g/mol. The smallest absolute Gasteiger partial charge is 0.251 e. The van der Waals surface area contributed by atoms with Crippen molar-refractivity contribution in [1.29, 1.82) is 0 Å². The Morgan fingerprint density at radius 2 is 1.85 bits per heavy atom. The van der Waals surface area contributed by atoms with Gasteiger partial charge in [0, 0.05) is 31.5 Å². The second-order valence-electron chi connectivity index (χ2n) is 4.94. The van der Waals surface area contributed by atoms with Crippen molar-refractivity contribution < 1.29 is 14.4 Å². The molecule has 1 aliphatic heterocycles. The first kappa shape index (κ1) is 14.2. The summed E-state index contributed by atoms with van der Waals surface area (Å²) in [6, 6.07) is 5.56. The lowest BCUT2D eigenvalue weighted by Crippen LogP contribution is -2.37. The molecule has 0 aliphatic carbocycles. The van der Waals surface area contributed by atoms with E-state index in [1.54, 1.807) is 6.07 Å². The van der Waals surface area contributed by atoms with Crippen LogP contribution in [0.2, 0.25) is 0 Å². The molecule has 0 saturated carbocycles. The van der Waals surface area contributed by atoms with Crippen LogP contribution < -0.4 is 5.32 Å². The van der Waals surface area contributed by atoms with Gasteiger partial charge in [0.25, 0.3) is 5.91 Å². The molecule has 20 heavy (non-hydrogen) atoms. The molecular formula is C15H18N2O3. The van der Waals surface area contributed by atoms with Crippen LogP contribution in [0.25, 0.3) is 0 Å². The van der Waals surface area contributed by atoms with Crippen LogP contribution in [0.15, 0.2) is 18.2 Å². The topological polar surface area (TPSA) is 66.5 Å². The van der Waals surface area contributed by atoms with E-state index in [1.165, 1.54) is 4.90 Å². The Morgan fingerprint density at radius 3 is 2.50 bits per heavy atom. The van der Waals surface area contributed by atoms with Gasteiger partial charge in [-0.2, -0.15) is 0 Å². The molecule has 0 unspecified atom stereocenters. The molecule has 2 rings (SSSR count). The Hall–Kier alpha value is -2.17. The molecule has 5 nitrogen and oxygen atoms in total. The summed E-state index contributed by atoms with van der Waals surface area (Å²) in [6.45, 7) is 4.38. The van der Waals surface area contributed by atoms with Crippen LogP contribution in [0.5, 0.6) is 0 Å². The van der Waals surface area contributed by atoms with Crippen LogP contribution >= 0.6 is 0 Å². The monoisotopic (exact) mass is 274 g/mol. The van der Waals surface area contributed by atoms with Crippen molar-refractivity contribution in [2.45, 2.75) is 26.7 Å². The third-order valence-electron chi connectivity index (χ3n) is 3.63. The van der Waals surface area contributed by atoms with Gasteiger partial charge in [-0.05, 0) is 31.0 Å². The summed E-state index contributed by atoms with van der Waals surface area (Å²) in [6.07, 6.45) is 0.563. The van der Waals surface area contributed by atoms with Gasteiger partial charge < -0.3 is 5.32 Å². The summed E-state index contributed by atoms with van der Waals surface area (Å²) in [5, 5.41) is 2.75. The van der Waals surface area contributed by atoms with Crippen LogP contribution in [0.3, 0.4) is 0 Å². The average molecular weight is 274 g/mol. The maximum atomic E-state index is 12.1. The minimum Gasteiger partial charge on any atom is -0.350 e. The number of carbonyl (C=O) groups is 3. The molecule has 0 aromatic heterocycles. The number of hydrogen-bond donors (Lipinski definition) is 1. The van der Waals surface area contributed by atoms with Crippen LogP contribution in [0.1, 0.15) is 34.3 Å². The minimum atomic E-state index is -0.176. The van der Waals surface area contributed by atoms with Gasteiger partial charge in [-0.15, -0.1) is 0 Å². The van der Waals surface area contributed by atoms with Gasteiger partial charge in [-0.1, -0.05) is 12.1 Å². The number of nitrogens with zero attached hydrogens (tertiary/aromatic N) is 1. The quantitative estimate of drug-likeness (QED) is 0.838. The standard InChI is InChI=1S/C15H18N2O3/c1-10-4-3-5-12(11(10)2)15(20)16-8-9-17-13(18)6-7-14(17)19/h3-5H,6-9H2,1-2H3,(H,16,20). The summed E-state index contributed by atoms with van der Waals surface area (Å²) in [5.74, 6) is -0.489. The van der Waals surface area contributed by atoms with Gasteiger partial charge in [0.15, 0.2) is 0 Å². The minimum absolute atomic E-state index is 0.156. The first-order valence-electron chi connectivity index (χ1n) is 6.68. The number of likely N-dealkylation sites (tertiary alicyclic amines) is 1. The van der Waals surface area contributed by atoms with Crippen LogP contribution in [-0.2, 0) is 9.59 Å². The van der Waals surface area contributed by atoms with E-state index in [2.05, 4.69) is 5.32 Å². The highest BCUT2D eigenvalue weighted by Gasteiger charge is 2.28. The molecule has 0 radical (unpaired) electrons. The summed E-state index contributed by atoms with van der Waals surface area (Å²) < 4.78 is 0. The lowest BCUT2D eigenvalue weighted by atomic mass is 10.0. The Morgan fingerprint density at radius 1 is 1.20 bits per heavy atom. The first-order chi connectivity index (χ1) is 9.50. The van der Waals surface area contributed by atoms with Gasteiger partial charge in [0.1, 0.15) is 0 Å². The predicted octanol–water partition coefficient (Wildman–Crippen LogP) is 1.18. The fourth-order valence-corrected chi connectivity index (χ4v) is 2.25. The van der Waals surface area contributed by atoms with Crippen molar-refractivity contribution in [2.75, 3.05) is 13.1 Å². The number of rotatable bonds is 4. The van der Waals surface area contributed by atoms with Crippen molar-refractivity contribution in [3.8, 4) is 0 Å². The molecule has 0 bridgehead atoms. The largest absolute Gasteiger partial charge is 0.350 e. The summed E-state index contributed by atoms with van der Waals surface area (Å²) in [4.78, 5) is 36.1. The molecule has 1 aliphatic rings. The zero-order chi connectivity index (χ0) is 14.7. The molecule has 1 aromatic rings. The first-order valence-corrected chi connectivity index (χ1v) is 6.68. The highest BCUT2D eigenvalue weighted by atomic mass is 16.2. The average Bonchev–Trinajstić information content (AvgIpc) is 2.73. The van der Waals surface area contributed by atoms with E-state index in [1.807, 2.05) is 26.0 Å². The SMILES string of the molecule is Cc1cccc(C(=O)NCCN2C(=O)CCC2=O)c1C. The zero-order valence-electron chi connectivity index (χ0n) is 11.7. The number of carbonyl (C=O) groups excluding carboxylic acids is 3. The molecule has 1 heterocycles. The molecule has 1 saturated heterocycles. The van der Waals surface area contributed by atoms with Gasteiger partial charge >= 0.3 is 0 Å². The fourth-order valence-electron chi connectivity index (χ4n) is 2.25. The molecule has 1 fully saturated rings. The van der Waals surface area contributed by atoms with Crippen molar-refractivity contribution in [2.24, 2.45) is 0 Å². The Kier molecular flexibility index (Phi) is 4.17. The van der Waals surface area contributed by atoms with Gasteiger partial charge in [-0.25, -0.2) is 0 Å². The van der Waals surface area contributed by atoms with E-state index < -0.39 is 0 Å². The lowest BCUT2D eigenvalue weighted by molar-refractivity contribution is -0.138. The van der Waals surface area contributed by atoms with E-state index in [9.17, 15) is 14.4 Å². The van der Waals surface area contributed by atoms with Crippen LogP contribution in [0.4, 0.5) is 0 Å². The van der Waals surface area contributed by atoms with Crippen LogP contribution in [-0.4, -0.2) is 35.7 Å². The third-order valence-corrected chi connectivity index (χ3v) is 3.63. The van der Waals surface area contributed by atoms with Crippen molar-refractivity contribution in [1.82, 2.24) is 10.2 Å². The van der Waals surface area contributed by atoms with E-state index in [4.69, 9.17) is 0 Å². The van der Waals surface area contributed by atoms with E-state index >= 15 is 0 Å². The predicted molar refractivity (Wildman–Crippen MR) is 74.2 cm³/mol. The molecule has 106 valence electrons. The lowest BCUT2D eigenvalue weighted by Gasteiger charge is -2.14. The zero-order valence-corrected chi connectivity index (χ0v) is 11.7. The van der Waals surface area contributed by atoms with Gasteiger partial charge in [-0.3, -0.25) is 19.3 Å². The second-order valence-corrected chi connectivity index (χ2v) is 4.94. The summed E-state index contributed by atoms with van der Waals surface area (Å²) >= 11 is 0. The van der Waals surface area contributed by atoms with Crippen molar-refractivity contribution in [3.63, 3.8) is 0 Å². The molecule has 0 spiro atoms. The third kappa shape index (κ3) is 2.87. The Labute approximate surface area is 118 Å². The highest BCUT2D eigenvalue weighted by Crippen LogP contribution is 2.13. The van der Waals surface area contributed by atoms with Crippen LogP contribution in [0, 0.1) is 13.8 Å².